The molecule has 0 aliphatic carbocycles. The van der Waals surface area contributed by atoms with Gasteiger partial charge in [-0.3, -0.25) is 10.1 Å². The number of nitrogens with zero attached hydrogens (tertiary/aromatic N) is 2. The monoisotopic (exact) mass is 225 g/mol. The molecule has 2 aromatic heterocycles. The van der Waals surface area contributed by atoms with E-state index in [1.165, 1.54) is 22.9 Å². The van der Waals surface area contributed by atoms with Gasteiger partial charge in [0.25, 0.3) is 5.91 Å². The Labute approximate surface area is 88.8 Å². The lowest BCUT2D eigenvalue weighted by Gasteiger charge is -1.95. The Hall–Kier alpha value is -1.27. The molecule has 0 saturated carbocycles. The van der Waals surface area contributed by atoms with Gasteiger partial charge in [-0.05, 0) is 24.5 Å². The van der Waals surface area contributed by atoms with Gasteiger partial charge in [0.2, 0.25) is 0 Å². The van der Waals surface area contributed by atoms with Gasteiger partial charge in [0.1, 0.15) is 5.69 Å². The summed E-state index contributed by atoms with van der Waals surface area (Å²) in [5.74, 6) is -0.204. The highest BCUT2D eigenvalue weighted by Crippen LogP contribution is 2.13. The Morgan fingerprint density at radius 1 is 1.57 bits per heavy atom. The van der Waals surface area contributed by atoms with Gasteiger partial charge < -0.3 is 0 Å². The normalized spacial score (nSPS) is 10.1. The predicted octanol–water partition coefficient (Wildman–Crippen LogP) is 2.16. The van der Waals surface area contributed by atoms with Crippen molar-refractivity contribution in [3.05, 3.63) is 28.2 Å². The molecule has 2 aromatic rings. The van der Waals surface area contributed by atoms with Crippen LogP contribution in [0.3, 0.4) is 0 Å². The number of anilines is 1. The van der Waals surface area contributed by atoms with Gasteiger partial charge in [0.05, 0.1) is 0 Å². The Bertz CT molecular complexity index is 435. The lowest BCUT2D eigenvalue weighted by molar-refractivity contribution is 0.102. The lowest BCUT2D eigenvalue weighted by atomic mass is 10.4. The molecular formula is C8H7N3OS2. The molecule has 0 unspecified atom stereocenters. The minimum absolute atomic E-state index is 0.204. The van der Waals surface area contributed by atoms with Crippen LogP contribution >= 0.6 is 22.9 Å². The van der Waals surface area contributed by atoms with E-state index in [0.29, 0.717) is 10.8 Å². The first-order valence-corrected chi connectivity index (χ1v) is 5.55. The summed E-state index contributed by atoms with van der Waals surface area (Å²) in [4.78, 5) is 16.5. The third kappa shape index (κ3) is 1.97. The number of amides is 1. The van der Waals surface area contributed by atoms with Crippen LogP contribution in [0, 0.1) is 6.92 Å². The Morgan fingerprint density at radius 3 is 3.00 bits per heavy atom. The smallest absolute Gasteiger partial charge is 0.277 e. The van der Waals surface area contributed by atoms with Crippen molar-refractivity contribution in [1.82, 2.24) is 9.36 Å². The predicted molar refractivity (Wildman–Crippen MR) is 56.9 cm³/mol. The van der Waals surface area contributed by atoms with Crippen LogP contribution in [0.2, 0.25) is 0 Å². The van der Waals surface area contributed by atoms with Crippen molar-refractivity contribution in [3.63, 3.8) is 0 Å². The topological polar surface area (TPSA) is 54.9 Å². The molecule has 0 saturated heterocycles. The van der Waals surface area contributed by atoms with Crippen molar-refractivity contribution in [2.45, 2.75) is 6.92 Å². The molecule has 4 nitrogen and oxygen atoms in total. The number of rotatable bonds is 2. The summed E-state index contributed by atoms with van der Waals surface area (Å²) in [5.41, 5.74) is 0.447. The number of hydrogen-bond acceptors (Lipinski definition) is 5. The van der Waals surface area contributed by atoms with Crippen molar-refractivity contribution in [2.75, 3.05) is 5.32 Å². The maximum atomic E-state index is 11.5. The van der Waals surface area contributed by atoms with E-state index in [-0.39, 0.29) is 5.91 Å². The molecule has 6 heteroatoms. The van der Waals surface area contributed by atoms with Crippen molar-refractivity contribution >= 4 is 33.9 Å². The highest BCUT2D eigenvalue weighted by Gasteiger charge is 2.10. The Morgan fingerprint density at radius 2 is 2.43 bits per heavy atom. The number of carbonyl (C=O) groups excluding carboxylic acids is 1. The molecular weight excluding hydrogens is 218 g/mol. The first-order valence-electron chi connectivity index (χ1n) is 3.90. The zero-order valence-corrected chi connectivity index (χ0v) is 8.98. The molecule has 0 spiro atoms. The van der Waals surface area contributed by atoms with Gasteiger partial charge in [-0.1, -0.05) is 0 Å². The minimum Gasteiger partial charge on any atom is -0.296 e. The second-order valence-corrected chi connectivity index (χ2v) is 4.52. The second-order valence-electron chi connectivity index (χ2n) is 2.61. The molecule has 2 rings (SSSR count). The van der Waals surface area contributed by atoms with E-state index in [0.717, 1.165) is 4.88 Å². The fraction of sp³-hybridized carbons (Fsp3) is 0.125. The lowest BCUT2D eigenvalue weighted by Crippen LogP contribution is -2.11. The summed E-state index contributed by atoms with van der Waals surface area (Å²) in [6.07, 6.45) is 1.65. The summed E-state index contributed by atoms with van der Waals surface area (Å²) in [7, 11) is 0. The fourth-order valence-electron chi connectivity index (χ4n) is 0.920. The summed E-state index contributed by atoms with van der Waals surface area (Å²) < 4.78 is 4.00. The zero-order valence-electron chi connectivity index (χ0n) is 7.35. The number of aryl methyl sites for hydroxylation is 1. The van der Waals surface area contributed by atoms with E-state index >= 15 is 0 Å². The average molecular weight is 225 g/mol. The molecule has 0 bridgehead atoms. The quantitative estimate of drug-likeness (QED) is 0.852. The molecule has 2 heterocycles. The zero-order chi connectivity index (χ0) is 9.97. The van der Waals surface area contributed by atoms with Gasteiger partial charge in [-0.25, -0.2) is 4.98 Å². The van der Waals surface area contributed by atoms with Crippen molar-refractivity contribution in [1.29, 1.82) is 0 Å². The van der Waals surface area contributed by atoms with Gasteiger partial charge in [-0.15, -0.1) is 11.3 Å². The van der Waals surface area contributed by atoms with E-state index < -0.39 is 0 Å². The van der Waals surface area contributed by atoms with E-state index in [4.69, 9.17) is 0 Å². The molecule has 14 heavy (non-hydrogen) atoms. The van der Waals surface area contributed by atoms with Gasteiger partial charge in [-0.2, -0.15) is 4.37 Å². The van der Waals surface area contributed by atoms with Gasteiger partial charge >= 0.3 is 0 Å². The number of aromatic nitrogens is 2. The number of carbonyl (C=O) groups is 1. The molecule has 0 aliphatic heterocycles. The molecule has 72 valence electrons. The second kappa shape index (κ2) is 3.85. The first kappa shape index (κ1) is 9.29. The summed E-state index contributed by atoms with van der Waals surface area (Å²) >= 11 is 2.70. The molecule has 0 aliphatic rings. The molecule has 0 radical (unpaired) electrons. The third-order valence-corrected chi connectivity index (χ3v) is 2.90. The van der Waals surface area contributed by atoms with Crippen molar-refractivity contribution < 1.29 is 4.79 Å². The minimum atomic E-state index is -0.204. The van der Waals surface area contributed by atoms with Crippen LogP contribution in [0.4, 0.5) is 5.13 Å². The van der Waals surface area contributed by atoms with Crippen molar-refractivity contribution in [3.8, 4) is 0 Å². The molecule has 0 aromatic carbocycles. The van der Waals surface area contributed by atoms with E-state index in [1.807, 2.05) is 12.3 Å². The standard InChI is InChI=1S/C8H7N3OS2/c1-5-4-6(11-14-5)7(12)10-8-9-2-3-13-8/h2-4H,1H3,(H,9,10,12). The van der Waals surface area contributed by atoms with E-state index in [2.05, 4.69) is 14.7 Å². The Balaban J connectivity index is 2.10. The van der Waals surface area contributed by atoms with Gasteiger partial charge in [0, 0.05) is 16.5 Å². The molecule has 1 amide bonds. The van der Waals surface area contributed by atoms with E-state index in [1.54, 1.807) is 12.3 Å². The SMILES string of the molecule is Cc1cc(C(=O)Nc2nccs2)ns1. The van der Waals surface area contributed by atoms with Crippen LogP contribution in [-0.4, -0.2) is 15.3 Å². The maximum Gasteiger partial charge on any atom is 0.277 e. The number of hydrogen-bond donors (Lipinski definition) is 1. The Kier molecular flexibility index (Phi) is 2.55. The van der Waals surface area contributed by atoms with E-state index in [9.17, 15) is 4.79 Å². The summed E-state index contributed by atoms with van der Waals surface area (Å²) in [6.45, 7) is 1.91. The molecule has 1 N–H and O–H groups in total. The highest BCUT2D eigenvalue weighted by molar-refractivity contribution is 7.13. The van der Waals surface area contributed by atoms with Crippen LogP contribution in [-0.2, 0) is 0 Å². The highest BCUT2D eigenvalue weighted by atomic mass is 32.1. The number of thiazole rings is 1. The first-order chi connectivity index (χ1) is 6.75. The van der Waals surface area contributed by atoms with Crippen molar-refractivity contribution in [2.24, 2.45) is 0 Å². The van der Waals surface area contributed by atoms with Crippen LogP contribution < -0.4 is 5.32 Å². The summed E-state index contributed by atoms with van der Waals surface area (Å²) in [5, 5.41) is 5.07. The van der Waals surface area contributed by atoms with Crippen LogP contribution in [0.25, 0.3) is 0 Å². The maximum absolute atomic E-state index is 11.5. The third-order valence-electron chi connectivity index (χ3n) is 1.51. The van der Waals surface area contributed by atoms with Crippen LogP contribution in [0.1, 0.15) is 15.4 Å². The summed E-state index contributed by atoms with van der Waals surface area (Å²) in [6, 6.07) is 1.76. The largest absolute Gasteiger partial charge is 0.296 e. The molecule has 0 fully saturated rings. The van der Waals surface area contributed by atoms with Crippen LogP contribution in [0.5, 0.6) is 0 Å². The van der Waals surface area contributed by atoms with Gasteiger partial charge in [0.15, 0.2) is 5.13 Å². The fourth-order valence-corrected chi connectivity index (χ4v) is 1.99. The molecule has 0 atom stereocenters. The average Bonchev–Trinajstić information content (AvgIpc) is 2.75. The van der Waals surface area contributed by atoms with Crippen LogP contribution in [0.15, 0.2) is 17.6 Å². The number of nitrogens with one attached hydrogen (secondary N) is 1.